The fourth-order valence-corrected chi connectivity index (χ4v) is 5.11. The maximum atomic E-state index is 13.0. The number of rotatable bonds is 8. The zero-order chi connectivity index (χ0) is 23.5. The summed E-state index contributed by atoms with van der Waals surface area (Å²) >= 11 is 0. The first-order chi connectivity index (χ1) is 15.1. The fourth-order valence-electron chi connectivity index (χ4n) is 3.60. The van der Waals surface area contributed by atoms with Gasteiger partial charge in [0.1, 0.15) is 17.6 Å². The van der Waals surface area contributed by atoms with Gasteiger partial charge in [0.2, 0.25) is 0 Å². The van der Waals surface area contributed by atoms with Crippen molar-refractivity contribution in [2.45, 2.75) is 64.6 Å². The van der Waals surface area contributed by atoms with Crippen molar-refractivity contribution in [2.24, 2.45) is 5.41 Å². The zero-order valence-electron chi connectivity index (χ0n) is 18.1. The molecule has 2 saturated heterocycles. The van der Waals surface area contributed by atoms with Crippen molar-refractivity contribution in [1.29, 1.82) is 0 Å². The van der Waals surface area contributed by atoms with E-state index >= 15 is 0 Å². The van der Waals surface area contributed by atoms with Crippen LogP contribution in [0.1, 0.15) is 46.3 Å². The number of carbonyl (C=O) groups is 1. The number of ether oxygens (including phenoxy) is 2. The molecule has 0 saturated carbocycles. The second-order valence-corrected chi connectivity index (χ2v) is 9.69. The van der Waals surface area contributed by atoms with E-state index in [-0.39, 0.29) is 31.7 Å². The molecule has 0 aliphatic carbocycles. The number of phosphoric ester groups is 1. The van der Waals surface area contributed by atoms with Gasteiger partial charge in [0.25, 0.3) is 5.56 Å². The molecule has 32 heavy (non-hydrogen) atoms. The van der Waals surface area contributed by atoms with E-state index in [0.29, 0.717) is 12.8 Å². The third kappa shape index (κ3) is 5.22. The number of H-pyrrole nitrogens is 1. The smallest absolute Gasteiger partial charge is 0.463 e. The standard InChI is InChI=1S/C20H27N2O9P/c1-5-20(4)17-14(30-18(20)22-10-9-15(23)21-19(22)25)12-28-32(26,31-17)27-11-7-6-8-16(24)29-13(2)3/h1,9-10,13-14,17-18H,6-8,11-12H2,2-4H3,(H,21,23,25)/t14-,17-,18-,20-,32?/m1/s1. The summed E-state index contributed by atoms with van der Waals surface area (Å²) in [5.41, 5.74) is -2.45. The maximum Gasteiger partial charge on any atom is 0.475 e. The Morgan fingerprint density at radius 3 is 2.84 bits per heavy atom. The molecule has 0 radical (unpaired) electrons. The predicted octanol–water partition coefficient (Wildman–Crippen LogP) is 1.74. The summed E-state index contributed by atoms with van der Waals surface area (Å²) in [7, 11) is -3.94. The van der Waals surface area contributed by atoms with Crippen molar-refractivity contribution in [3.63, 3.8) is 0 Å². The molecule has 0 aromatic carbocycles. The van der Waals surface area contributed by atoms with E-state index in [2.05, 4.69) is 10.9 Å². The minimum Gasteiger partial charge on any atom is -0.463 e. The molecule has 2 aliphatic heterocycles. The van der Waals surface area contributed by atoms with Gasteiger partial charge in [0.15, 0.2) is 6.23 Å². The molecule has 3 rings (SSSR count). The normalized spacial score (nSPS) is 31.8. The summed E-state index contributed by atoms with van der Waals surface area (Å²) in [6, 6.07) is 1.17. The van der Waals surface area contributed by atoms with Crippen molar-refractivity contribution in [3.8, 4) is 12.3 Å². The first-order valence-corrected chi connectivity index (χ1v) is 11.8. The highest BCUT2D eigenvalue weighted by molar-refractivity contribution is 7.48. The van der Waals surface area contributed by atoms with Crippen LogP contribution in [0.3, 0.4) is 0 Å². The molecule has 1 aromatic heterocycles. The molecule has 0 spiro atoms. The van der Waals surface area contributed by atoms with Gasteiger partial charge >= 0.3 is 19.5 Å². The Kier molecular flexibility index (Phi) is 7.43. The number of phosphoric acid groups is 1. The second kappa shape index (κ2) is 9.73. The van der Waals surface area contributed by atoms with Gasteiger partial charge in [-0.05, 0) is 33.6 Å². The number of fused-ring (bicyclic) bond motifs is 1. The molecule has 5 atom stereocenters. The van der Waals surface area contributed by atoms with E-state index in [0.717, 1.165) is 4.57 Å². The summed E-state index contributed by atoms with van der Waals surface area (Å²) in [6.07, 6.45) is 5.45. The van der Waals surface area contributed by atoms with E-state index in [4.69, 9.17) is 29.5 Å². The maximum absolute atomic E-state index is 13.0. The number of unbranched alkanes of at least 4 members (excludes halogenated alkanes) is 1. The van der Waals surface area contributed by atoms with Crippen molar-refractivity contribution in [2.75, 3.05) is 13.2 Å². The zero-order valence-corrected chi connectivity index (χ0v) is 19.0. The molecule has 1 aromatic rings. The van der Waals surface area contributed by atoms with Gasteiger partial charge in [0, 0.05) is 18.7 Å². The Morgan fingerprint density at radius 2 is 2.19 bits per heavy atom. The van der Waals surface area contributed by atoms with E-state index < -0.39 is 42.9 Å². The lowest BCUT2D eigenvalue weighted by Crippen LogP contribution is -2.43. The van der Waals surface area contributed by atoms with Crippen LogP contribution in [0.15, 0.2) is 21.9 Å². The fraction of sp³-hybridized carbons (Fsp3) is 0.650. The number of carbonyl (C=O) groups excluding carboxylic acids is 1. The van der Waals surface area contributed by atoms with Crippen LogP contribution in [-0.2, 0) is 32.4 Å². The topological polar surface area (TPSA) is 135 Å². The van der Waals surface area contributed by atoms with Crippen LogP contribution in [0.5, 0.6) is 0 Å². The van der Waals surface area contributed by atoms with Gasteiger partial charge < -0.3 is 9.47 Å². The van der Waals surface area contributed by atoms with Gasteiger partial charge in [-0.25, -0.2) is 9.36 Å². The minimum absolute atomic E-state index is 0.0417. The molecule has 1 unspecified atom stereocenters. The lowest BCUT2D eigenvalue weighted by Gasteiger charge is -2.35. The van der Waals surface area contributed by atoms with E-state index in [9.17, 15) is 18.9 Å². The van der Waals surface area contributed by atoms with Crippen molar-refractivity contribution in [1.82, 2.24) is 9.55 Å². The Labute approximate surface area is 185 Å². The van der Waals surface area contributed by atoms with Gasteiger partial charge in [-0.1, -0.05) is 5.92 Å². The summed E-state index contributed by atoms with van der Waals surface area (Å²) in [5, 5.41) is 0. The highest BCUT2D eigenvalue weighted by atomic mass is 31.2. The quantitative estimate of drug-likeness (QED) is 0.261. The molecular formula is C20H27N2O9P. The summed E-state index contributed by atoms with van der Waals surface area (Å²) in [5.74, 6) is 2.28. The number of terminal acetylenes is 1. The third-order valence-electron chi connectivity index (χ3n) is 5.19. The van der Waals surface area contributed by atoms with E-state index in [1.165, 1.54) is 12.3 Å². The van der Waals surface area contributed by atoms with Crippen molar-refractivity contribution >= 4 is 13.8 Å². The lowest BCUT2D eigenvalue weighted by atomic mass is 9.83. The van der Waals surface area contributed by atoms with Crippen LogP contribution in [0, 0.1) is 17.8 Å². The molecule has 12 heteroatoms. The third-order valence-corrected chi connectivity index (χ3v) is 6.64. The molecule has 0 amide bonds. The number of hydrogen-bond donors (Lipinski definition) is 1. The number of nitrogens with one attached hydrogen (secondary N) is 1. The van der Waals surface area contributed by atoms with Crippen LogP contribution in [0.2, 0.25) is 0 Å². The van der Waals surface area contributed by atoms with Crippen molar-refractivity contribution in [3.05, 3.63) is 33.1 Å². The number of aromatic amines is 1. The van der Waals surface area contributed by atoms with Crippen LogP contribution in [0.4, 0.5) is 0 Å². The monoisotopic (exact) mass is 470 g/mol. The number of aromatic nitrogens is 2. The molecule has 3 heterocycles. The Hall–Kier alpha value is -2.22. The molecule has 1 N–H and O–H groups in total. The van der Waals surface area contributed by atoms with Gasteiger partial charge in [-0.3, -0.25) is 32.7 Å². The molecule has 2 fully saturated rings. The van der Waals surface area contributed by atoms with Crippen molar-refractivity contribution < 1.29 is 32.4 Å². The molecule has 2 aliphatic rings. The van der Waals surface area contributed by atoms with Gasteiger partial charge in [0.05, 0.1) is 19.3 Å². The molecule has 176 valence electrons. The number of hydrogen-bond acceptors (Lipinski definition) is 9. The summed E-state index contributed by atoms with van der Waals surface area (Å²) in [4.78, 5) is 37.3. The second-order valence-electron chi connectivity index (χ2n) is 8.07. The summed E-state index contributed by atoms with van der Waals surface area (Å²) in [6.45, 7) is 5.10. The molecular weight excluding hydrogens is 443 g/mol. The number of nitrogens with zero attached hydrogens (tertiary/aromatic N) is 1. The SMILES string of the molecule is C#C[C@]1(C)[C@@H]2OP(=O)(OCCCCC(=O)OC(C)C)OC[C@H]2O[C@H]1n1ccc(=O)[nH]c1=O. The number of esters is 1. The van der Waals surface area contributed by atoms with E-state index in [1.54, 1.807) is 20.8 Å². The largest absolute Gasteiger partial charge is 0.475 e. The van der Waals surface area contributed by atoms with Crippen LogP contribution >= 0.6 is 7.82 Å². The van der Waals surface area contributed by atoms with Crippen LogP contribution < -0.4 is 11.2 Å². The minimum atomic E-state index is -3.94. The van der Waals surface area contributed by atoms with Gasteiger partial charge in [-0.15, -0.1) is 6.42 Å². The molecule has 11 nitrogen and oxygen atoms in total. The lowest BCUT2D eigenvalue weighted by molar-refractivity contribution is -0.147. The average Bonchev–Trinajstić information content (AvgIpc) is 2.99. The Bertz CT molecular complexity index is 1040. The predicted molar refractivity (Wildman–Crippen MR) is 112 cm³/mol. The van der Waals surface area contributed by atoms with Crippen LogP contribution in [-0.4, -0.2) is 47.0 Å². The first kappa shape index (κ1) is 24.4. The summed E-state index contributed by atoms with van der Waals surface area (Å²) < 4.78 is 41.4. The van der Waals surface area contributed by atoms with E-state index in [1.807, 2.05) is 0 Å². The first-order valence-electron chi connectivity index (χ1n) is 10.3. The van der Waals surface area contributed by atoms with Gasteiger partial charge in [-0.2, -0.15) is 0 Å². The Morgan fingerprint density at radius 1 is 1.44 bits per heavy atom. The highest BCUT2D eigenvalue weighted by Gasteiger charge is 2.60. The molecule has 0 bridgehead atoms. The average molecular weight is 470 g/mol. The highest BCUT2D eigenvalue weighted by Crippen LogP contribution is 2.60. The Balaban J connectivity index is 1.63. The van der Waals surface area contributed by atoms with Crippen LogP contribution in [0.25, 0.3) is 0 Å².